The van der Waals surface area contributed by atoms with Crippen molar-refractivity contribution in [2.24, 2.45) is 15.7 Å². The molecule has 0 aliphatic heterocycles. The van der Waals surface area contributed by atoms with Gasteiger partial charge in [0.1, 0.15) is 17.3 Å². The molecule has 0 aromatic heterocycles. The lowest BCUT2D eigenvalue weighted by atomic mass is 10.1. The lowest BCUT2D eigenvalue weighted by Gasteiger charge is -2.05. The highest BCUT2D eigenvalue weighted by atomic mass is 16.3. The number of benzene rings is 1. The molecule has 5 N–H and O–H groups in total. The van der Waals surface area contributed by atoms with E-state index in [2.05, 4.69) is 16.6 Å². The molecule has 1 aromatic rings. The summed E-state index contributed by atoms with van der Waals surface area (Å²) < 4.78 is 0. The van der Waals surface area contributed by atoms with E-state index in [-0.39, 0.29) is 28.7 Å². The lowest BCUT2D eigenvalue weighted by Crippen LogP contribution is -2.16. The molecular weight excluding hydrogens is 256 g/mol. The Morgan fingerprint density at radius 2 is 2.10 bits per heavy atom. The molecule has 0 unspecified atom stereocenters. The summed E-state index contributed by atoms with van der Waals surface area (Å²) in [6.07, 6.45) is 4.43. The quantitative estimate of drug-likeness (QED) is 0.381. The molecule has 6 heteroatoms. The van der Waals surface area contributed by atoms with Crippen molar-refractivity contribution in [3.8, 4) is 11.5 Å². The van der Waals surface area contributed by atoms with Gasteiger partial charge in [0.25, 0.3) is 0 Å². The van der Waals surface area contributed by atoms with Crippen molar-refractivity contribution in [3.63, 3.8) is 0 Å². The van der Waals surface area contributed by atoms with Crippen LogP contribution in [0.3, 0.4) is 0 Å². The summed E-state index contributed by atoms with van der Waals surface area (Å²) in [6, 6.07) is 3.90. The van der Waals surface area contributed by atoms with Crippen LogP contribution in [0.4, 0.5) is 0 Å². The molecule has 6 nitrogen and oxygen atoms in total. The van der Waals surface area contributed by atoms with Gasteiger partial charge in [0.2, 0.25) is 0 Å². The van der Waals surface area contributed by atoms with E-state index < -0.39 is 0 Å². The molecule has 0 radical (unpaired) electrons. The molecule has 104 valence electrons. The molecule has 20 heavy (non-hydrogen) atoms. The molecule has 0 amide bonds. The van der Waals surface area contributed by atoms with Crippen LogP contribution in [-0.2, 0) is 0 Å². The fraction of sp³-hybridized carbons (Fsp3) is 0.0714. The molecule has 0 heterocycles. The van der Waals surface area contributed by atoms with Crippen molar-refractivity contribution >= 4 is 17.9 Å². The molecule has 0 fully saturated rings. The van der Waals surface area contributed by atoms with Gasteiger partial charge in [0.05, 0.1) is 5.56 Å². The summed E-state index contributed by atoms with van der Waals surface area (Å²) in [5, 5.41) is 26.8. The first-order valence-electron chi connectivity index (χ1n) is 5.72. The zero-order chi connectivity index (χ0) is 15.1. The second-order valence-electron chi connectivity index (χ2n) is 3.89. The summed E-state index contributed by atoms with van der Waals surface area (Å²) in [5.74, 6) is -0.330. The van der Waals surface area contributed by atoms with E-state index in [1.807, 2.05) is 0 Å². The Bertz CT molecular complexity index is 616. The molecular formula is C14H16N4O2. The van der Waals surface area contributed by atoms with Gasteiger partial charge in [-0.3, -0.25) is 10.4 Å². The number of phenolic OH excluding ortho intramolecular Hbond substituents is 2. The molecule has 0 aliphatic rings. The van der Waals surface area contributed by atoms with Gasteiger partial charge in [0.15, 0.2) is 5.84 Å². The average Bonchev–Trinajstić information content (AvgIpc) is 2.41. The number of nitrogens with two attached hydrogens (primary N) is 1. The normalized spacial score (nSPS) is 12.7. The minimum atomic E-state index is -0.122. The Balaban J connectivity index is 3.01. The molecule has 1 aromatic carbocycles. The predicted octanol–water partition coefficient (Wildman–Crippen LogP) is 1.94. The molecule has 0 spiro atoms. The minimum absolute atomic E-state index is 0.0506. The Morgan fingerprint density at radius 3 is 2.75 bits per heavy atom. The molecule has 0 saturated heterocycles. The number of hydrogen-bond donors (Lipinski definition) is 4. The lowest BCUT2D eigenvalue weighted by molar-refractivity contribution is 0.459. The van der Waals surface area contributed by atoms with Crippen LogP contribution in [0.5, 0.6) is 11.5 Å². The first-order chi connectivity index (χ1) is 9.45. The highest BCUT2D eigenvalue weighted by Gasteiger charge is 2.08. The number of rotatable bonds is 4. The Labute approximate surface area is 116 Å². The third kappa shape index (κ3) is 4.09. The summed E-state index contributed by atoms with van der Waals surface area (Å²) in [7, 11) is 0. The molecule has 0 saturated carbocycles. The van der Waals surface area contributed by atoms with Gasteiger partial charge in [-0.25, -0.2) is 4.99 Å². The average molecular weight is 272 g/mol. The largest absolute Gasteiger partial charge is 0.508 e. The summed E-state index contributed by atoms with van der Waals surface area (Å²) in [5.41, 5.74) is 6.37. The van der Waals surface area contributed by atoms with Crippen molar-refractivity contribution in [1.29, 1.82) is 5.41 Å². The molecule has 0 bridgehead atoms. The van der Waals surface area contributed by atoms with Gasteiger partial charge in [-0.1, -0.05) is 12.7 Å². The van der Waals surface area contributed by atoms with E-state index >= 15 is 0 Å². The standard InChI is InChI=1S/C14H16N4O2/c1-3-6-17-8-9(2)13(15)18-14(16)11-7-10(19)4-5-12(11)20/h3-8,19-20H,1H2,2H3,(H3,15,16,18)/b9-8+,17-6?. The zero-order valence-electron chi connectivity index (χ0n) is 11.0. The smallest absolute Gasteiger partial charge is 0.151 e. The van der Waals surface area contributed by atoms with Gasteiger partial charge in [0, 0.05) is 18.0 Å². The first-order valence-corrected chi connectivity index (χ1v) is 5.72. The maximum atomic E-state index is 9.64. The monoisotopic (exact) mass is 272 g/mol. The number of nitrogens with zero attached hydrogens (tertiary/aromatic N) is 2. The second kappa shape index (κ2) is 6.89. The first kappa shape index (κ1) is 15.2. The van der Waals surface area contributed by atoms with Crippen LogP contribution in [0.1, 0.15) is 12.5 Å². The fourth-order valence-corrected chi connectivity index (χ4v) is 1.27. The maximum Gasteiger partial charge on any atom is 0.151 e. The van der Waals surface area contributed by atoms with Gasteiger partial charge < -0.3 is 15.9 Å². The van der Waals surface area contributed by atoms with E-state index in [4.69, 9.17) is 11.1 Å². The third-order valence-corrected chi connectivity index (χ3v) is 2.32. The highest BCUT2D eigenvalue weighted by Crippen LogP contribution is 2.21. The van der Waals surface area contributed by atoms with E-state index in [1.54, 1.807) is 6.92 Å². The summed E-state index contributed by atoms with van der Waals surface area (Å²) in [6.45, 7) is 5.13. The van der Waals surface area contributed by atoms with Crippen LogP contribution in [0, 0.1) is 5.41 Å². The van der Waals surface area contributed by atoms with E-state index in [0.29, 0.717) is 5.57 Å². The number of allylic oxidation sites excluding steroid dienone is 1. The fourth-order valence-electron chi connectivity index (χ4n) is 1.27. The molecule has 0 aliphatic carbocycles. The van der Waals surface area contributed by atoms with Crippen molar-refractivity contribution in [2.75, 3.05) is 0 Å². The van der Waals surface area contributed by atoms with Crippen molar-refractivity contribution in [1.82, 2.24) is 0 Å². The van der Waals surface area contributed by atoms with E-state index in [0.717, 1.165) is 0 Å². The number of phenols is 2. The number of nitrogens with one attached hydrogen (secondary N) is 1. The molecule has 0 atom stereocenters. The van der Waals surface area contributed by atoms with Crippen LogP contribution >= 0.6 is 0 Å². The Morgan fingerprint density at radius 1 is 1.40 bits per heavy atom. The van der Waals surface area contributed by atoms with Crippen LogP contribution < -0.4 is 5.73 Å². The van der Waals surface area contributed by atoms with Crippen LogP contribution in [0.2, 0.25) is 0 Å². The zero-order valence-corrected chi connectivity index (χ0v) is 11.0. The Kier molecular flexibility index (Phi) is 5.22. The highest BCUT2D eigenvalue weighted by molar-refractivity contribution is 6.10. The van der Waals surface area contributed by atoms with E-state index in [9.17, 15) is 10.2 Å². The topological polar surface area (TPSA) is 115 Å². The summed E-state index contributed by atoms with van der Waals surface area (Å²) >= 11 is 0. The van der Waals surface area contributed by atoms with Crippen molar-refractivity contribution in [2.45, 2.75) is 6.92 Å². The number of hydrogen-bond acceptors (Lipinski definition) is 4. The van der Waals surface area contributed by atoms with Gasteiger partial charge in [-0.2, -0.15) is 0 Å². The predicted molar refractivity (Wildman–Crippen MR) is 80.7 cm³/mol. The third-order valence-electron chi connectivity index (χ3n) is 2.32. The number of aliphatic imine (C=N–C) groups is 2. The second-order valence-corrected chi connectivity index (χ2v) is 3.89. The van der Waals surface area contributed by atoms with Crippen molar-refractivity contribution in [3.05, 3.63) is 48.2 Å². The van der Waals surface area contributed by atoms with Gasteiger partial charge >= 0.3 is 0 Å². The van der Waals surface area contributed by atoms with E-state index in [1.165, 1.54) is 36.7 Å². The number of aromatic hydroxyl groups is 2. The van der Waals surface area contributed by atoms with Gasteiger partial charge in [-0.15, -0.1) is 0 Å². The SMILES string of the molecule is C=CC=N/C=C(\C)C(=N)N=C(N)c1cc(O)ccc1O. The maximum absolute atomic E-state index is 9.64. The number of amidine groups is 2. The van der Waals surface area contributed by atoms with Crippen LogP contribution in [0.25, 0.3) is 0 Å². The molecule has 1 rings (SSSR count). The Hall–Kier alpha value is -2.89. The van der Waals surface area contributed by atoms with Crippen molar-refractivity contribution < 1.29 is 10.2 Å². The minimum Gasteiger partial charge on any atom is -0.508 e. The van der Waals surface area contributed by atoms with Crippen LogP contribution in [-0.4, -0.2) is 28.1 Å². The summed E-state index contributed by atoms with van der Waals surface area (Å²) in [4.78, 5) is 7.74. The van der Waals surface area contributed by atoms with Crippen LogP contribution in [0.15, 0.2) is 52.6 Å². The van der Waals surface area contributed by atoms with Gasteiger partial charge in [-0.05, 0) is 25.1 Å².